The van der Waals surface area contributed by atoms with Crippen LogP contribution in [0.4, 0.5) is 0 Å². The van der Waals surface area contributed by atoms with Gasteiger partial charge in [0.25, 0.3) is 0 Å². The fraction of sp³-hybridized carbons (Fsp3) is 0.500. The maximum Gasteiger partial charge on any atom is 0.248 e. The van der Waals surface area contributed by atoms with Crippen LogP contribution in [-0.4, -0.2) is 55.5 Å². The summed E-state index contributed by atoms with van der Waals surface area (Å²) in [6, 6.07) is 10.5. The predicted octanol–water partition coefficient (Wildman–Crippen LogP) is 2.23. The average molecular weight is 363 g/mol. The third kappa shape index (κ3) is 4.11. The molecule has 2 heterocycles. The van der Waals surface area contributed by atoms with Crippen molar-refractivity contribution in [3.63, 3.8) is 0 Å². The van der Waals surface area contributed by atoms with Crippen molar-refractivity contribution in [3.05, 3.63) is 47.3 Å². The lowest BCUT2D eigenvalue weighted by atomic mass is 10.1. The number of aryl methyl sites for hydroxylation is 3. The summed E-state index contributed by atoms with van der Waals surface area (Å²) < 4.78 is 32.2. The molecule has 1 saturated heterocycles. The number of hydrogen-bond acceptors (Lipinski definition) is 5. The minimum absolute atomic E-state index is 0.227. The SMILES string of the molecule is Cc1noc(C)c1S(=O)(=O)N1CCN(CCCc2ccccc2)CC1. The topological polar surface area (TPSA) is 66.7 Å². The van der Waals surface area contributed by atoms with E-state index in [1.807, 2.05) is 6.07 Å². The maximum atomic E-state index is 12.8. The smallest absolute Gasteiger partial charge is 0.248 e. The number of nitrogens with zero attached hydrogens (tertiary/aromatic N) is 3. The first kappa shape index (κ1) is 18.1. The van der Waals surface area contributed by atoms with E-state index in [9.17, 15) is 8.42 Å². The standard InChI is InChI=1S/C18H25N3O3S/c1-15-18(16(2)24-19-15)25(22,23)21-13-11-20(12-14-21)10-6-9-17-7-4-3-5-8-17/h3-5,7-8H,6,9-14H2,1-2H3. The summed E-state index contributed by atoms with van der Waals surface area (Å²) in [5.41, 5.74) is 1.78. The van der Waals surface area contributed by atoms with E-state index in [1.165, 1.54) is 5.56 Å². The fourth-order valence-electron chi connectivity index (χ4n) is 3.32. The largest absolute Gasteiger partial charge is 0.360 e. The van der Waals surface area contributed by atoms with Crippen molar-refractivity contribution in [3.8, 4) is 0 Å². The molecule has 0 radical (unpaired) electrons. The van der Waals surface area contributed by atoms with Crippen LogP contribution in [-0.2, 0) is 16.4 Å². The number of hydrogen-bond donors (Lipinski definition) is 0. The zero-order chi connectivity index (χ0) is 17.9. The van der Waals surface area contributed by atoms with Gasteiger partial charge in [0.2, 0.25) is 10.0 Å². The molecule has 1 aromatic carbocycles. The Balaban J connectivity index is 1.52. The van der Waals surface area contributed by atoms with Gasteiger partial charge in [0.15, 0.2) is 5.76 Å². The molecule has 1 aromatic heterocycles. The third-order valence-electron chi connectivity index (χ3n) is 4.68. The van der Waals surface area contributed by atoms with E-state index < -0.39 is 10.0 Å². The Hall–Kier alpha value is -1.70. The molecular weight excluding hydrogens is 338 g/mol. The Bertz CT molecular complexity index is 775. The molecule has 0 unspecified atom stereocenters. The second-order valence-electron chi connectivity index (χ2n) is 6.49. The van der Waals surface area contributed by atoms with Crippen LogP contribution in [0, 0.1) is 13.8 Å². The summed E-state index contributed by atoms with van der Waals surface area (Å²) in [6.45, 7) is 6.86. The third-order valence-corrected chi connectivity index (χ3v) is 6.82. The van der Waals surface area contributed by atoms with Gasteiger partial charge in [-0.15, -0.1) is 0 Å². The van der Waals surface area contributed by atoms with Crippen LogP contribution < -0.4 is 0 Å². The summed E-state index contributed by atoms with van der Waals surface area (Å²) in [6.07, 6.45) is 2.14. The van der Waals surface area contributed by atoms with Crippen molar-refractivity contribution in [2.24, 2.45) is 0 Å². The van der Waals surface area contributed by atoms with Crippen LogP contribution in [0.5, 0.6) is 0 Å². The molecule has 0 N–H and O–H groups in total. The van der Waals surface area contributed by atoms with Crippen molar-refractivity contribution >= 4 is 10.0 Å². The fourth-order valence-corrected chi connectivity index (χ4v) is 5.03. The summed E-state index contributed by atoms with van der Waals surface area (Å²) in [4.78, 5) is 2.56. The van der Waals surface area contributed by atoms with Gasteiger partial charge < -0.3 is 9.42 Å². The van der Waals surface area contributed by atoms with E-state index in [0.29, 0.717) is 24.5 Å². The van der Waals surface area contributed by atoms with E-state index in [4.69, 9.17) is 4.52 Å². The molecule has 0 saturated carbocycles. The van der Waals surface area contributed by atoms with Gasteiger partial charge in [-0.25, -0.2) is 8.42 Å². The molecule has 0 amide bonds. The molecule has 0 atom stereocenters. The van der Waals surface area contributed by atoms with Gasteiger partial charge in [-0.3, -0.25) is 0 Å². The molecule has 7 heteroatoms. The van der Waals surface area contributed by atoms with Crippen molar-refractivity contribution in [1.29, 1.82) is 0 Å². The van der Waals surface area contributed by atoms with E-state index in [-0.39, 0.29) is 4.90 Å². The van der Waals surface area contributed by atoms with Crippen LogP contribution >= 0.6 is 0 Å². The lowest BCUT2D eigenvalue weighted by Gasteiger charge is -2.33. The van der Waals surface area contributed by atoms with Gasteiger partial charge in [-0.05, 0) is 38.8 Å². The molecule has 1 aliphatic rings. The highest BCUT2D eigenvalue weighted by Crippen LogP contribution is 2.24. The molecule has 25 heavy (non-hydrogen) atoms. The maximum absolute atomic E-state index is 12.8. The highest BCUT2D eigenvalue weighted by molar-refractivity contribution is 7.89. The van der Waals surface area contributed by atoms with E-state index in [2.05, 4.69) is 34.3 Å². The second kappa shape index (κ2) is 7.68. The lowest BCUT2D eigenvalue weighted by Crippen LogP contribution is -2.48. The highest BCUT2D eigenvalue weighted by atomic mass is 32.2. The van der Waals surface area contributed by atoms with Crippen molar-refractivity contribution in [2.45, 2.75) is 31.6 Å². The molecule has 6 nitrogen and oxygen atoms in total. The van der Waals surface area contributed by atoms with Gasteiger partial charge >= 0.3 is 0 Å². The van der Waals surface area contributed by atoms with Crippen molar-refractivity contribution in [1.82, 2.24) is 14.4 Å². The second-order valence-corrected chi connectivity index (χ2v) is 8.36. The Kier molecular flexibility index (Phi) is 5.56. The summed E-state index contributed by atoms with van der Waals surface area (Å²) >= 11 is 0. The lowest BCUT2D eigenvalue weighted by molar-refractivity contribution is 0.186. The zero-order valence-corrected chi connectivity index (χ0v) is 15.6. The van der Waals surface area contributed by atoms with Crippen LogP contribution in [0.2, 0.25) is 0 Å². The van der Waals surface area contributed by atoms with Crippen LogP contribution in [0.3, 0.4) is 0 Å². The van der Waals surface area contributed by atoms with Crippen LogP contribution in [0.15, 0.2) is 39.8 Å². The molecule has 3 rings (SSSR count). The Labute approximate surface area is 149 Å². The monoisotopic (exact) mass is 363 g/mol. The van der Waals surface area contributed by atoms with Gasteiger partial charge in [0.1, 0.15) is 10.6 Å². The number of aromatic nitrogens is 1. The van der Waals surface area contributed by atoms with Gasteiger partial charge in [0.05, 0.1) is 0 Å². The normalized spacial score (nSPS) is 17.0. The first-order valence-electron chi connectivity index (χ1n) is 8.68. The molecule has 1 fully saturated rings. The van der Waals surface area contributed by atoms with Gasteiger partial charge in [0, 0.05) is 26.2 Å². The van der Waals surface area contributed by atoms with Crippen LogP contribution in [0.1, 0.15) is 23.4 Å². The molecule has 136 valence electrons. The van der Waals surface area contributed by atoms with Crippen molar-refractivity contribution < 1.29 is 12.9 Å². The molecule has 1 aliphatic heterocycles. The van der Waals surface area contributed by atoms with Crippen LogP contribution in [0.25, 0.3) is 0 Å². The van der Waals surface area contributed by atoms with E-state index >= 15 is 0 Å². The minimum atomic E-state index is -3.52. The Morgan fingerprint density at radius 1 is 1.08 bits per heavy atom. The summed E-state index contributed by atoms with van der Waals surface area (Å²) in [5.74, 6) is 0.364. The zero-order valence-electron chi connectivity index (χ0n) is 14.8. The quantitative estimate of drug-likeness (QED) is 0.787. The Morgan fingerprint density at radius 2 is 1.76 bits per heavy atom. The summed E-state index contributed by atoms with van der Waals surface area (Å²) in [5, 5.41) is 3.77. The average Bonchev–Trinajstić information content (AvgIpc) is 2.95. The number of rotatable bonds is 6. The number of piperazine rings is 1. The molecule has 2 aromatic rings. The molecule has 0 spiro atoms. The van der Waals surface area contributed by atoms with E-state index in [0.717, 1.165) is 32.5 Å². The van der Waals surface area contributed by atoms with E-state index in [1.54, 1.807) is 18.2 Å². The number of benzene rings is 1. The molecule has 0 aliphatic carbocycles. The van der Waals surface area contributed by atoms with Gasteiger partial charge in [-0.1, -0.05) is 35.5 Å². The first-order valence-corrected chi connectivity index (χ1v) is 10.1. The Morgan fingerprint density at radius 3 is 2.36 bits per heavy atom. The minimum Gasteiger partial charge on any atom is -0.360 e. The molecule has 0 bridgehead atoms. The predicted molar refractivity (Wildman–Crippen MR) is 95.9 cm³/mol. The summed E-state index contributed by atoms with van der Waals surface area (Å²) in [7, 11) is -3.52. The molecular formula is C18H25N3O3S. The number of sulfonamides is 1. The van der Waals surface area contributed by atoms with Crippen molar-refractivity contribution in [2.75, 3.05) is 32.7 Å². The highest BCUT2D eigenvalue weighted by Gasteiger charge is 2.33. The first-order chi connectivity index (χ1) is 12.0. The van der Waals surface area contributed by atoms with Gasteiger partial charge in [-0.2, -0.15) is 4.31 Å².